The molecule has 1 aliphatic heterocycles. The molecule has 2 fully saturated rings. The predicted octanol–water partition coefficient (Wildman–Crippen LogP) is 2.02. The van der Waals surface area contributed by atoms with Gasteiger partial charge in [-0.1, -0.05) is 36.8 Å². The maximum Gasteiger partial charge on any atom is 0.237 e. The van der Waals surface area contributed by atoms with Crippen molar-refractivity contribution in [2.45, 2.75) is 50.7 Å². The maximum absolute atomic E-state index is 12.8. The second-order valence-electron chi connectivity index (χ2n) is 6.54. The summed E-state index contributed by atoms with van der Waals surface area (Å²) >= 11 is 0. The Morgan fingerprint density at radius 1 is 1.18 bits per heavy atom. The third-order valence-corrected chi connectivity index (χ3v) is 4.80. The molecule has 4 heteroatoms. The molecule has 0 spiro atoms. The molecule has 1 aliphatic carbocycles. The Bertz CT molecular complexity index is 487. The van der Waals surface area contributed by atoms with Crippen LogP contribution >= 0.6 is 0 Å². The second-order valence-corrected chi connectivity index (χ2v) is 6.54. The van der Waals surface area contributed by atoms with Crippen LogP contribution in [0.4, 0.5) is 0 Å². The van der Waals surface area contributed by atoms with E-state index >= 15 is 0 Å². The summed E-state index contributed by atoms with van der Waals surface area (Å²) in [6.45, 7) is 2.26. The lowest BCUT2D eigenvalue weighted by Gasteiger charge is -2.35. The topological polar surface area (TPSA) is 43.8 Å². The van der Waals surface area contributed by atoms with E-state index in [2.05, 4.69) is 17.0 Å². The summed E-state index contributed by atoms with van der Waals surface area (Å²) < 4.78 is 0. The lowest BCUT2D eigenvalue weighted by Crippen LogP contribution is -2.48. The molecule has 0 aromatic heterocycles. The van der Waals surface area contributed by atoms with Crippen LogP contribution in [0.1, 0.15) is 37.7 Å². The number of aliphatic hydroxyl groups is 1. The SMILES string of the molecule is O=C(CN1CCCC[C@@H]1CO)N(Cc1ccccc1)C1CC1. The van der Waals surface area contributed by atoms with Crippen LogP contribution in [0.3, 0.4) is 0 Å². The highest BCUT2D eigenvalue weighted by Gasteiger charge is 2.34. The normalized spacial score (nSPS) is 22.5. The summed E-state index contributed by atoms with van der Waals surface area (Å²) in [6, 6.07) is 10.8. The average Bonchev–Trinajstić information content (AvgIpc) is 3.39. The zero-order valence-electron chi connectivity index (χ0n) is 13.2. The summed E-state index contributed by atoms with van der Waals surface area (Å²) in [5, 5.41) is 9.50. The highest BCUT2D eigenvalue weighted by Crippen LogP contribution is 2.29. The van der Waals surface area contributed by atoms with E-state index in [-0.39, 0.29) is 18.6 Å². The number of hydrogen-bond donors (Lipinski definition) is 1. The minimum atomic E-state index is 0.162. The number of piperidine rings is 1. The van der Waals surface area contributed by atoms with Crippen molar-refractivity contribution in [3.63, 3.8) is 0 Å². The van der Waals surface area contributed by atoms with E-state index in [1.54, 1.807) is 0 Å². The molecule has 1 saturated carbocycles. The molecule has 4 nitrogen and oxygen atoms in total. The summed E-state index contributed by atoms with van der Waals surface area (Å²) in [4.78, 5) is 17.0. The summed E-state index contributed by atoms with van der Waals surface area (Å²) in [5.74, 6) is 0.215. The summed E-state index contributed by atoms with van der Waals surface area (Å²) in [7, 11) is 0. The van der Waals surface area contributed by atoms with Crippen molar-refractivity contribution in [2.24, 2.45) is 0 Å². The first kappa shape index (κ1) is 15.5. The van der Waals surface area contributed by atoms with Crippen LogP contribution < -0.4 is 0 Å². The monoisotopic (exact) mass is 302 g/mol. The first-order valence-electron chi connectivity index (χ1n) is 8.46. The van der Waals surface area contributed by atoms with Gasteiger partial charge in [0.2, 0.25) is 5.91 Å². The molecule has 120 valence electrons. The van der Waals surface area contributed by atoms with E-state index in [1.807, 2.05) is 23.1 Å². The third-order valence-electron chi connectivity index (χ3n) is 4.80. The Morgan fingerprint density at radius 3 is 2.64 bits per heavy atom. The smallest absolute Gasteiger partial charge is 0.237 e. The molecular formula is C18H26N2O2. The molecule has 1 aromatic rings. The minimum Gasteiger partial charge on any atom is -0.395 e. The highest BCUT2D eigenvalue weighted by molar-refractivity contribution is 5.79. The van der Waals surface area contributed by atoms with Gasteiger partial charge in [0.05, 0.1) is 13.2 Å². The number of amides is 1. The van der Waals surface area contributed by atoms with Gasteiger partial charge >= 0.3 is 0 Å². The van der Waals surface area contributed by atoms with Crippen LogP contribution in [0, 0.1) is 0 Å². The molecule has 1 aromatic carbocycles. The zero-order valence-corrected chi connectivity index (χ0v) is 13.2. The molecular weight excluding hydrogens is 276 g/mol. The Labute approximate surface area is 132 Å². The van der Waals surface area contributed by atoms with Gasteiger partial charge in [-0.05, 0) is 37.8 Å². The van der Waals surface area contributed by atoms with Crippen molar-refractivity contribution in [1.29, 1.82) is 0 Å². The molecule has 3 rings (SSSR count). The molecule has 0 bridgehead atoms. The Kier molecular flexibility index (Phi) is 5.11. The van der Waals surface area contributed by atoms with Gasteiger partial charge in [0.1, 0.15) is 0 Å². The Balaban J connectivity index is 1.62. The van der Waals surface area contributed by atoms with Crippen LogP contribution in [0.2, 0.25) is 0 Å². The largest absolute Gasteiger partial charge is 0.395 e. The van der Waals surface area contributed by atoms with Crippen molar-refractivity contribution in [3.8, 4) is 0 Å². The standard InChI is InChI=1S/C18H26N2O2/c21-14-17-8-4-5-11-19(17)13-18(22)20(16-9-10-16)12-15-6-2-1-3-7-15/h1-3,6-7,16-17,21H,4-5,8-14H2/t17-/m1/s1. The first-order valence-corrected chi connectivity index (χ1v) is 8.46. The quantitative estimate of drug-likeness (QED) is 0.874. The third kappa shape index (κ3) is 3.87. The van der Waals surface area contributed by atoms with Gasteiger partial charge in [-0.2, -0.15) is 0 Å². The van der Waals surface area contributed by atoms with Crippen LogP contribution in [0.15, 0.2) is 30.3 Å². The van der Waals surface area contributed by atoms with Gasteiger partial charge < -0.3 is 10.0 Å². The van der Waals surface area contributed by atoms with Crippen LogP contribution in [0.25, 0.3) is 0 Å². The van der Waals surface area contributed by atoms with Gasteiger partial charge in [-0.15, -0.1) is 0 Å². The fraction of sp³-hybridized carbons (Fsp3) is 0.611. The van der Waals surface area contributed by atoms with Crippen LogP contribution in [-0.2, 0) is 11.3 Å². The van der Waals surface area contributed by atoms with E-state index < -0.39 is 0 Å². The number of aliphatic hydroxyl groups excluding tert-OH is 1. The van der Waals surface area contributed by atoms with Crippen molar-refractivity contribution in [3.05, 3.63) is 35.9 Å². The van der Waals surface area contributed by atoms with Gasteiger partial charge in [0.15, 0.2) is 0 Å². The lowest BCUT2D eigenvalue weighted by atomic mass is 10.0. The molecule has 0 unspecified atom stereocenters. The summed E-state index contributed by atoms with van der Waals surface area (Å²) in [6.07, 6.45) is 5.55. The minimum absolute atomic E-state index is 0.162. The number of rotatable bonds is 6. The van der Waals surface area contributed by atoms with Crippen LogP contribution in [-0.4, -0.2) is 52.6 Å². The molecule has 1 atom stereocenters. The highest BCUT2D eigenvalue weighted by atomic mass is 16.3. The average molecular weight is 302 g/mol. The number of benzene rings is 1. The second kappa shape index (κ2) is 7.25. The van der Waals surface area contributed by atoms with Gasteiger partial charge in [0.25, 0.3) is 0 Å². The van der Waals surface area contributed by atoms with Crippen molar-refractivity contribution >= 4 is 5.91 Å². The number of hydrogen-bond acceptors (Lipinski definition) is 3. The first-order chi connectivity index (χ1) is 10.8. The van der Waals surface area contributed by atoms with Gasteiger partial charge in [0, 0.05) is 18.6 Å². The number of nitrogens with zero attached hydrogens (tertiary/aromatic N) is 2. The fourth-order valence-electron chi connectivity index (χ4n) is 3.33. The van der Waals surface area contributed by atoms with E-state index in [0.29, 0.717) is 19.1 Å². The van der Waals surface area contributed by atoms with Gasteiger partial charge in [-0.3, -0.25) is 9.69 Å². The van der Waals surface area contributed by atoms with E-state index in [9.17, 15) is 9.90 Å². The number of likely N-dealkylation sites (tertiary alicyclic amines) is 1. The van der Waals surface area contributed by atoms with E-state index in [4.69, 9.17) is 0 Å². The van der Waals surface area contributed by atoms with E-state index in [1.165, 1.54) is 5.56 Å². The van der Waals surface area contributed by atoms with Crippen molar-refractivity contribution in [1.82, 2.24) is 9.80 Å². The van der Waals surface area contributed by atoms with Gasteiger partial charge in [-0.25, -0.2) is 0 Å². The van der Waals surface area contributed by atoms with Crippen LogP contribution in [0.5, 0.6) is 0 Å². The van der Waals surface area contributed by atoms with E-state index in [0.717, 1.165) is 38.6 Å². The maximum atomic E-state index is 12.8. The molecule has 1 heterocycles. The predicted molar refractivity (Wildman–Crippen MR) is 86.3 cm³/mol. The lowest BCUT2D eigenvalue weighted by molar-refractivity contribution is -0.134. The molecule has 1 saturated heterocycles. The Morgan fingerprint density at radius 2 is 1.95 bits per heavy atom. The molecule has 1 N–H and O–H groups in total. The number of carbonyl (C=O) groups excluding carboxylic acids is 1. The van der Waals surface area contributed by atoms with Crippen molar-refractivity contribution in [2.75, 3.05) is 19.7 Å². The number of carbonyl (C=O) groups is 1. The fourth-order valence-corrected chi connectivity index (χ4v) is 3.33. The van der Waals surface area contributed by atoms with Crippen molar-refractivity contribution < 1.29 is 9.90 Å². The Hall–Kier alpha value is -1.39. The molecule has 2 aliphatic rings. The molecule has 22 heavy (non-hydrogen) atoms. The zero-order chi connectivity index (χ0) is 15.4. The molecule has 1 amide bonds. The summed E-state index contributed by atoms with van der Waals surface area (Å²) in [5.41, 5.74) is 1.19. The molecule has 0 radical (unpaired) electrons.